The van der Waals surface area contributed by atoms with E-state index in [1.165, 1.54) is 32.1 Å². The van der Waals surface area contributed by atoms with E-state index in [4.69, 9.17) is 10.5 Å². The third kappa shape index (κ3) is 3.64. The molecule has 5 rings (SSSR count). The van der Waals surface area contributed by atoms with E-state index in [1.54, 1.807) is 0 Å². The second kappa shape index (κ2) is 7.06. The van der Waals surface area contributed by atoms with Crippen LogP contribution < -0.4 is 11.1 Å². The van der Waals surface area contributed by atoms with Crippen LogP contribution in [0.15, 0.2) is 0 Å². The molecule has 152 valence electrons. The number of hydrogen-bond donors (Lipinski definition) is 2. The normalized spacial score (nSPS) is 38.7. The van der Waals surface area contributed by atoms with Crippen LogP contribution in [0.2, 0.25) is 0 Å². The SMILES string of the molecule is CC(C)(OCC1CCCCC1)C(=O)NC1C2CC3CC1CC(C(N)=O)(C3)C2. The maximum absolute atomic E-state index is 13.0. The molecule has 0 aromatic rings. The van der Waals surface area contributed by atoms with Crippen molar-refractivity contribution >= 4 is 11.8 Å². The molecule has 0 radical (unpaired) electrons. The lowest BCUT2D eigenvalue weighted by atomic mass is 9.47. The minimum atomic E-state index is -0.798. The van der Waals surface area contributed by atoms with Gasteiger partial charge in [0.25, 0.3) is 5.91 Å². The van der Waals surface area contributed by atoms with Crippen molar-refractivity contribution in [2.45, 2.75) is 89.7 Å². The van der Waals surface area contributed by atoms with Gasteiger partial charge in [-0.25, -0.2) is 0 Å². The van der Waals surface area contributed by atoms with Gasteiger partial charge in [-0.05, 0) is 82.5 Å². The standard InChI is InChI=1S/C22H36N2O3/c1-21(2,27-13-14-6-4-3-5-7-14)20(26)24-18-16-8-15-9-17(18)12-22(10-15,11-16)19(23)25/h14-18H,3-13H2,1-2H3,(H2,23,25)(H,24,26). The second-order valence-corrected chi connectivity index (χ2v) is 10.4. The molecule has 27 heavy (non-hydrogen) atoms. The highest BCUT2D eigenvalue weighted by molar-refractivity contribution is 5.85. The summed E-state index contributed by atoms with van der Waals surface area (Å²) in [5.41, 5.74) is 4.67. The highest BCUT2D eigenvalue weighted by atomic mass is 16.5. The third-order valence-corrected chi connectivity index (χ3v) is 8.05. The zero-order valence-corrected chi connectivity index (χ0v) is 17.0. The number of ether oxygens (including phenoxy) is 1. The fourth-order valence-corrected chi connectivity index (χ4v) is 6.63. The van der Waals surface area contributed by atoms with Gasteiger partial charge in [-0.15, -0.1) is 0 Å². The van der Waals surface area contributed by atoms with Gasteiger partial charge in [-0.2, -0.15) is 0 Å². The Labute approximate surface area is 163 Å². The summed E-state index contributed by atoms with van der Waals surface area (Å²) < 4.78 is 6.10. The zero-order valence-electron chi connectivity index (χ0n) is 17.0. The Morgan fingerprint density at radius 1 is 1.07 bits per heavy atom. The van der Waals surface area contributed by atoms with Gasteiger partial charge in [0.1, 0.15) is 5.60 Å². The molecule has 5 nitrogen and oxygen atoms in total. The molecule has 5 aliphatic carbocycles. The van der Waals surface area contributed by atoms with Gasteiger partial charge in [0.15, 0.2) is 0 Å². The molecule has 0 saturated heterocycles. The van der Waals surface area contributed by atoms with Gasteiger partial charge in [0, 0.05) is 11.5 Å². The Kier molecular flexibility index (Phi) is 5.02. The molecule has 5 fully saturated rings. The van der Waals surface area contributed by atoms with Crippen LogP contribution in [0.3, 0.4) is 0 Å². The number of rotatable bonds is 6. The highest BCUT2D eigenvalue weighted by Crippen LogP contribution is 2.59. The third-order valence-electron chi connectivity index (χ3n) is 8.05. The molecule has 2 amide bonds. The number of amides is 2. The molecule has 2 unspecified atom stereocenters. The Morgan fingerprint density at radius 3 is 2.30 bits per heavy atom. The van der Waals surface area contributed by atoms with Crippen LogP contribution >= 0.6 is 0 Å². The van der Waals surface area contributed by atoms with Crippen LogP contribution in [0.25, 0.3) is 0 Å². The minimum absolute atomic E-state index is 0.00362. The maximum atomic E-state index is 13.0. The number of carbonyl (C=O) groups excluding carboxylic acids is 2. The quantitative estimate of drug-likeness (QED) is 0.747. The monoisotopic (exact) mass is 376 g/mol. The summed E-state index contributed by atoms with van der Waals surface area (Å²) in [6.07, 6.45) is 11.3. The summed E-state index contributed by atoms with van der Waals surface area (Å²) in [5, 5.41) is 3.33. The van der Waals surface area contributed by atoms with Gasteiger partial charge in [-0.3, -0.25) is 9.59 Å². The molecule has 0 aromatic heterocycles. The average Bonchev–Trinajstić information content (AvgIpc) is 2.63. The zero-order chi connectivity index (χ0) is 19.2. The Balaban J connectivity index is 1.36. The largest absolute Gasteiger partial charge is 0.369 e. The van der Waals surface area contributed by atoms with Crippen LogP contribution in [-0.2, 0) is 14.3 Å². The maximum Gasteiger partial charge on any atom is 0.251 e. The van der Waals surface area contributed by atoms with Crippen LogP contribution in [-0.4, -0.2) is 30.1 Å². The molecule has 5 heteroatoms. The molecule has 5 saturated carbocycles. The molecule has 0 aromatic carbocycles. The summed E-state index contributed by atoms with van der Waals surface area (Å²) in [5.74, 6) is 1.87. The van der Waals surface area contributed by atoms with E-state index in [0.717, 1.165) is 32.1 Å². The van der Waals surface area contributed by atoms with Crippen molar-refractivity contribution in [3.63, 3.8) is 0 Å². The van der Waals surface area contributed by atoms with Crippen LogP contribution in [0.4, 0.5) is 0 Å². The molecule has 0 aliphatic heterocycles. The van der Waals surface area contributed by atoms with E-state index in [2.05, 4.69) is 5.32 Å². The molecule has 2 atom stereocenters. The van der Waals surface area contributed by atoms with E-state index in [-0.39, 0.29) is 23.3 Å². The van der Waals surface area contributed by atoms with Gasteiger partial charge >= 0.3 is 0 Å². The number of nitrogens with two attached hydrogens (primary N) is 1. The number of hydrogen-bond acceptors (Lipinski definition) is 3. The number of nitrogens with one attached hydrogen (secondary N) is 1. The number of primary amides is 1. The first kappa shape index (κ1) is 19.2. The lowest BCUT2D eigenvalue weighted by Gasteiger charge is -2.59. The first-order valence-corrected chi connectivity index (χ1v) is 11.0. The minimum Gasteiger partial charge on any atom is -0.369 e. The molecule has 0 heterocycles. The van der Waals surface area contributed by atoms with E-state index in [0.29, 0.717) is 30.3 Å². The smallest absolute Gasteiger partial charge is 0.251 e. The van der Waals surface area contributed by atoms with Crippen molar-refractivity contribution in [2.24, 2.45) is 34.8 Å². The fourth-order valence-electron chi connectivity index (χ4n) is 6.63. The van der Waals surface area contributed by atoms with E-state index in [1.807, 2.05) is 13.8 Å². The Hall–Kier alpha value is -1.10. The highest BCUT2D eigenvalue weighted by Gasteiger charge is 2.58. The summed E-state index contributed by atoms with van der Waals surface area (Å²) in [7, 11) is 0. The van der Waals surface area contributed by atoms with E-state index < -0.39 is 5.60 Å². The molecular weight excluding hydrogens is 340 g/mol. The molecule has 0 spiro atoms. The van der Waals surface area contributed by atoms with Crippen molar-refractivity contribution in [1.29, 1.82) is 0 Å². The van der Waals surface area contributed by atoms with Crippen LogP contribution in [0.1, 0.15) is 78.1 Å². The topological polar surface area (TPSA) is 81.4 Å². The van der Waals surface area contributed by atoms with Crippen molar-refractivity contribution in [3.05, 3.63) is 0 Å². The summed E-state index contributed by atoms with van der Waals surface area (Å²) in [4.78, 5) is 25.1. The van der Waals surface area contributed by atoms with Gasteiger partial charge in [-0.1, -0.05) is 19.3 Å². The van der Waals surface area contributed by atoms with Crippen LogP contribution in [0, 0.1) is 29.1 Å². The lowest BCUT2D eigenvalue weighted by molar-refractivity contribution is -0.154. The van der Waals surface area contributed by atoms with Gasteiger partial charge < -0.3 is 15.8 Å². The van der Waals surface area contributed by atoms with E-state index >= 15 is 0 Å². The van der Waals surface area contributed by atoms with Crippen molar-refractivity contribution in [3.8, 4) is 0 Å². The van der Waals surface area contributed by atoms with Crippen molar-refractivity contribution in [2.75, 3.05) is 6.61 Å². The second-order valence-electron chi connectivity index (χ2n) is 10.4. The van der Waals surface area contributed by atoms with Gasteiger partial charge in [0.05, 0.1) is 6.61 Å². The predicted molar refractivity (Wildman–Crippen MR) is 104 cm³/mol. The molecular formula is C22H36N2O3. The average molecular weight is 377 g/mol. The summed E-state index contributed by atoms with van der Waals surface area (Å²) >= 11 is 0. The van der Waals surface area contributed by atoms with E-state index in [9.17, 15) is 9.59 Å². The fraction of sp³-hybridized carbons (Fsp3) is 0.909. The number of carbonyl (C=O) groups is 2. The molecule has 5 aliphatic rings. The predicted octanol–water partition coefficient (Wildman–Crippen LogP) is 3.16. The first-order chi connectivity index (χ1) is 12.8. The van der Waals surface area contributed by atoms with Crippen molar-refractivity contribution in [1.82, 2.24) is 5.32 Å². The summed E-state index contributed by atoms with van der Waals surface area (Å²) in [6.45, 7) is 4.48. The molecule has 3 N–H and O–H groups in total. The summed E-state index contributed by atoms with van der Waals surface area (Å²) in [6, 6.07) is 0.180. The lowest BCUT2D eigenvalue weighted by Crippen LogP contribution is -2.63. The molecule has 4 bridgehead atoms. The Bertz CT molecular complexity index is 580. The van der Waals surface area contributed by atoms with Crippen LogP contribution in [0.5, 0.6) is 0 Å². The van der Waals surface area contributed by atoms with Crippen molar-refractivity contribution < 1.29 is 14.3 Å². The Morgan fingerprint density at radius 2 is 1.70 bits per heavy atom. The first-order valence-electron chi connectivity index (χ1n) is 11.0. The van der Waals surface area contributed by atoms with Gasteiger partial charge in [0.2, 0.25) is 5.91 Å².